The summed E-state index contributed by atoms with van der Waals surface area (Å²) in [4.78, 5) is 17.2. The number of hydrogen-bond donors (Lipinski definition) is 2. The van der Waals surface area contributed by atoms with Gasteiger partial charge in [-0.3, -0.25) is 15.6 Å². The second-order valence-corrected chi connectivity index (χ2v) is 5.57. The van der Waals surface area contributed by atoms with Crippen molar-refractivity contribution in [2.45, 2.75) is 13.8 Å². The van der Waals surface area contributed by atoms with Crippen LogP contribution in [0.3, 0.4) is 0 Å². The molecule has 0 spiro atoms. The van der Waals surface area contributed by atoms with Crippen molar-refractivity contribution >= 4 is 17.9 Å². The maximum absolute atomic E-state index is 11.8. The third kappa shape index (κ3) is 4.51. The zero-order valence-corrected chi connectivity index (χ0v) is 14.0. The van der Waals surface area contributed by atoms with Crippen LogP contribution >= 0.6 is 0 Å². The Bertz CT molecular complexity index is 881. The largest absolute Gasteiger partial charge is 0.282 e. The minimum Gasteiger partial charge on any atom is -0.282 e. The SMILES string of the molecule is Cc1cc(C)cc(-c2cnn(/C=C\C(=O)NNc3ccccn3)n2)c1. The van der Waals surface area contributed by atoms with Gasteiger partial charge in [-0.05, 0) is 38.1 Å². The van der Waals surface area contributed by atoms with E-state index in [9.17, 15) is 4.79 Å². The molecule has 3 aromatic rings. The highest BCUT2D eigenvalue weighted by atomic mass is 16.2. The van der Waals surface area contributed by atoms with Crippen molar-refractivity contribution in [3.63, 3.8) is 0 Å². The lowest BCUT2D eigenvalue weighted by molar-refractivity contribution is -0.116. The molecule has 3 rings (SSSR count). The molecule has 2 aromatic heterocycles. The zero-order chi connectivity index (χ0) is 17.6. The number of rotatable bonds is 5. The minimum atomic E-state index is -0.337. The van der Waals surface area contributed by atoms with Crippen LogP contribution in [0, 0.1) is 13.8 Å². The molecule has 0 fully saturated rings. The normalized spacial score (nSPS) is 10.8. The summed E-state index contributed by atoms with van der Waals surface area (Å²) in [6.07, 6.45) is 6.12. The molecule has 7 nitrogen and oxygen atoms in total. The fourth-order valence-electron chi connectivity index (χ4n) is 2.34. The van der Waals surface area contributed by atoms with Gasteiger partial charge in [-0.1, -0.05) is 23.3 Å². The first-order valence-corrected chi connectivity index (χ1v) is 7.76. The Labute approximate surface area is 145 Å². The van der Waals surface area contributed by atoms with E-state index in [2.05, 4.69) is 44.2 Å². The molecule has 1 aromatic carbocycles. The highest BCUT2D eigenvalue weighted by molar-refractivity contribution is 5.90. The van der Waals surface area contributed by atoms with E-state index < -0.39 is 0 Å². The Morgan fingerprint density at radius 3 is 2.68 bits per heavy atom. The molecule has 0 bridgehead atoms. The number of hydrazine groups is 1. The number of aromatic nitrogens is 4. The lowest BCUT2D eigenvalue weighted by Gasteiger charge is -2.04. The highest BCUT2D eigenvalue weighted by Crippen LogP contribution is 2.19. The molecular weight excluding hydrogens is 316 g/mol. The number of hydrogen-bond acceptors (Lipinski definition) is 5. The molecule has 2 heterocycles. The third-order valence-corrected chi connectivity index (χ3v) is 3.36. The van der Waals surface area contributed by atoms with E-state index in [0.717, 1.165) is 11.3 Å². The Morgan fingerprint density at radius 1 is 1.16 bits per heavy atom. The lowest BCUT2D eigenvalue weighted by atomic mass is 10.1. The summed E-state index contributed by atoms with van der Waals surface area (Å²) in [5.74, 6) is 0.217. The smallest absolute Gasteiger partial charge is 0.263 e. The first kappa shape index (κ1) is 16.4. The molecule has 0 aliphatic rings. The molecule has 25 heavy (non-hydrogen) atoms. The second kappa shape index (κ2) is 7.39. The van der Waals surface area contributed by atoms with Crippen molar-refractivity contribution in [1.82, 2.24) is 25.4 Å². The van der Waals surface area contributed by atoms with Gasteiger partial charge >= 0.3 is 0 Å². The van der Waals surface area contributed by atoms with Crippen LogP contribution in [0.15, 0.2) is 54.9 Å². The van der Waals surface area contributed by atoms with E-state index in [4.69, 9.17) is 0 Å². The van der Waals surface area contributed by atoms with Crippen LogP contribution in [0.5, 0.6) is 0 Å². The first-order chi connectivity index (χ1) is 12.1. The van der Waals surface area contributed by atoms with Crippen LogP contribution < -0.4 is 10.9 Å². The lowest BCUT2D eigenvalue weighted by Crippen LogP contribution is -2.28. The van der Waals surface area contributed by atoms with E-state index in [1.807, 2.05) is 19.9 Å². The van der Waals surface area contributed by atoms with Gasteiger partial charge in [-0.2, -0.15) is 9.90 Å². The molecule has 126 valence electrons. The van der Waals surface area contributed by atoms with Gasteiger partial charge in [0.25, 0.3) is 5.91 Å². The zero-order valence-electron chi connectivity index (χ0n) is 14.0. The van der Waals surface area contributed by atoms with Gasteiger partial charge in [0.05, 0.1) is 12.4 Å². The number of carbonyl (C=O) groups excluding carboxylic acids is 1. The van der Waals surface area contributed by atoms with Crippen molar-refractivity contribution in [2.24, 2.45) is 0 Å². The number of aryl methyl sites for hydroxylation is 2. The van der Waals surface area contributed by atoms with Crippen LogP contribution in [0.1, 0.15) is 11.1 Å². The third-order valence-electron chi connectivity index (χ3n) is 3.36. The summed E-state index contributed by atoms with van der Waals surface area (Å²) in [7, 11) is 0. The average molecular weight is 334 g/mol. The molecule has 1 amide bonds. The number of nitrogens with zero attached hydrogens (tertiary/aromatic N) is 4. The Balaban J connectivity index is 1.62. The van der Waals surface area contributed by atoms with Gasteiger partial charge in [-0.25, -0.2) is 4.98 Å². The van der Waals surface area contributed by atoms with Crippen LogP contribution in [0.4, 0.5) is 5.82 Å². The van der Waals surface area contributed by atoms with Crippen molar-refractivity contribution in [2.75, 3.05) is 5.43 Å². The quantitative estimate of drug-likeness (QED) is 0.553. The topological polar surface area (TPSA) is 84.7 Å². The van der Waals surface area contributed by atoms with E-state index in [1.54, 1.807) is 24.5 Å². The number of pyridine rings is 1. The Kier molecular flexibility index (Phi) is 4.84. The summed E-state index contributed by atoms with van der Waals surface area (Å²) >= 11 is 0. The number of carbonyl (C=O) groups is 1. The predicted octanol–water partition coefficient (Wildman–Crippen LogP) is 2.57. The van der Waals surface area contributed by atoms with Crippen molar-refractivity contribution in [1.29, 1.82) is 0 Å². The van der Waals surface area contributed by atoms with Crippen molar-refractivity contribution in [3.8, 4) is 11.3 Å². The summed E-state index contributed by atoms with van der Waals surface area (Å²) in [5.41, 5.74) is 9.31. The van der Waals surface area contributed by atoms with Gasteiger partial charge < -0.3 is 0 Å². The van der Waals surface area contributed by atoms with Gasteiger partial charge in [0, 0.05) is 17.8 Å². The molecule has 2 N–H and O–H groups in total. The number of benzene rings is 1. The van der Waals surface area contributed by atoms with Crippen LogP contribution in [-0.4, -0.2) is 25.9 Å². The maximum Gasteiger partial charge on any atom is 0.263 e. The molecule has 0 saturated carbocycles. The maximum atomic E-state index is 11.8. The summed E-state index contributed by atoms with van der Waals surface area (Å²) in [6, 6.07) is 11.6. The monoisotopic (exact) mass is 334 g/mol. The van der Waals surface area contributed by atoms with E-state index in [0.29, 0.717) is 5.82 Å². The number of nitrogens with one attached hydrogen (secondary N) is 2. The average Bonchev–Trinajstić information content (AvgIpc) is 3.07. The van der Waals surface area contributed by atoms with E-state index in [1.165, 1.54) is 28.2 Å². The van der Waals surface area contributed by atoms with Crippen LogP contribution in [-0.2, 0) is 4.79 Å². The molecule has 0 radical (unpaired) electrons. The molecule has 0 saturated heterocycles. The molecule has 7 heteroatoms. The minimum absolute atomic E-state index is 0.337. The fourth-order valence-corrected chi connectivity index (χ4v) is 2.34. The predicted molar refractivity (Wildman–Crippen MR) is 96.3 cm³/mol. The summed E-state index contributed by atoms with van der Waals surface area (Å²) < 4.78 is 0. The molecule has 0 aliphatic carbocycles. The molecular formula is C18H18N6O. The fraction of sp³-hybridized carbons (Fsp3) is 0.111. The molecule has 0 atom stereocenters. The van der Waals surface area contributed by atoms with E-state index >= 15 is 0 Å². The number of amides is 1. The van der Waals surface area contributed by atoms with E-state index in [-0.39, 0.29) is 5.91 Å². The first-order valence-electron chi connectivity index (χ1n) is 7.76. The summed E-state index contributed by atoms with van der Waals surface area (Å²) in [5, 5.41) is 8.51. The van der Waals surface area contributed by atoms with Gasteiger partial charge in [0.1, 0.15) is 11.5 Å². The van der Waals surface area contributed by atoms with Gasteiger partial charge in [0.2, 0.25) is 0 Å². The highest BCUT2D eigenvalue weighted by Gasteiger charge is 2.04. The Morgan fingerprint density at radius 2 is 1.96 bits per heavy atom. The second-order valence-electron chi connectivity index (χ2n) is 5.57. The van der Waals surface area contributed by atoms with Gasteiger partial charge in [0.15, 0.2) is 0 Å². The van der Waals surface area contributed by atoms with Crippen molar-refractivity contribution in [3.05, 3.63) is 66.0 Å². The summed E-state index contributed by atoms with van der Waals surface area (Å²) in [6.45, 7) is 4.08. The number of anilines is 1. The van der Waals surface area contributed by atoms with Gasteiger partial charge in [-0.15, -0.1) is 5.10 Å². The van der Waals surface area contributed by atoms with Crippen molar-refractivity contribution < 1.29 is 4.79 Å². The van der Waals surface area contributed by atoms with Crippen LogP contribution in [0.2, 0.25) is 0 Å². The molecule has 0 unspecified atom stereocenters. The standard InChI is InChI=1S/C18H18N6O/c1-13-9-14(2)11-15(10-13)16-12-20-24(23-16)8-6-18(25)22-21-17-5-3-4-7-19-17/h3-12H,1-2H3,(H,19,21)(H,22,25)/b8-6-. The van der Waals surface area contributed by atoms with Crippen LogP contribution in [0.25, 0.3) is 17.5 Å². The Hall–Kier alpha value is -3.48. The molecule has 0 aliphatic heterocycles.